The number of halogens is 1. The van der Waals surface area contributed by atoms with Crippen molar-refractivity contribution < 1.29 is 13.0 Å². The predicted octanol–water partition coefficient (Wildman–Crippen LogP) is 6.17. The Kier molecular flexibility index (Phi) is 5.91. The highest BCUT2D eigenvalue weighted by Crippen LogP contribution is 2.41. The molecule has 0 aliphatic carbocycles. The summed E-state index contributed by atoms with van der Waals surface area (Å²) in [5.41, 5.74) is 2.11. The average Bonchev–Trinajstić information content (AvgIpc) is 2.79. The molecule has 4 rings (SSSR count). The van der Waals surface area contributed by atoms with Gasteiger partial charge in [0.15, 0.2) is 0 Å². The van der Waals surface area contributed by atoms with Gasteiger partial charge in [0.2, 0.25) is 0 Å². The smallest absolute Gasteiger partial charge is 0.295 e. The molecule has 0 amide bonds. The molecule has 0 aliphatic heterocycles. The third kappa shape index (κ3) is 4.33. The predicted molar refractivity (Wildman–Crippen MR) is 121 cm³/mol. The molecule has 0 unspecified atom stereocenters. The third-order valence-electron chi connectivity index (χ3n) is 4.58. The summed E-state index contributed by atoms with van der Waals surface area (Å²) < 4.78 is 33.6. The lowest BCUT2D eigenvalue weighted by atomic mass is 10.1. The van der Waals surface area contributed by atoms with Crippen LogP contribution in [-0.2, 0) is 10.1 Å². The summed E-state index contributed by atoms with van der Waals surface area (Å²) in [7, 11) is -4.55. The van der Waals surface area contributed by atoms with Crippen LogP contribution in [0, 0.1) is 0 Å². The molecule has 0 radical (unpaired) electrons. The molecule has 9 nitrogen and oxygen atoms in total. The Hall–Kier alpha value is -3.73. The summed E-state index contributed by atoms with van der Waals surface area (Å²) in [6.07, 6.45) is 1.42. The van der Waals surface area contributed by atoms with E-state index in [4.69, 9.17) is 17.4 Å². The van der Waals surface area contributed by atoms with Crippen LogP contribution in [0.1, 0.15) is 0 Å². The van der Waals surface area contributed by atoms with Crippen molar-refractivity contribution in [3.05, 3.63) is 78.1 Å². The number of hydrogen-bond donors (Lipinski definition) is 2. The molecule has 1 aromatic heterocycles. The molecular weight excluding hydrogens is 452 g/mol. The van der Waals surface area contributed by atoms with E-state index in [9.17, 15) is 13.0 Å². The fraction of sp³-hybridized carbons (Fsp3) is 0. The van der Waals surface area contributed by atoms with Crippen molar-refractivity contribution >= 4 is 49.6 Å². The highest BCUT2D eigenvalue weighted by atomic mass is 35.5. The van der Waals surface area contributed by atoms with Gasteiger partial charge >= 0.3 is 0 Å². The SMILES string of the molecule is NN=Nc1c(N=Nc2cnc(Cl)c(-c3ccccc3)c2)cc(S(=O)(=O)O)c2ccccc12. The standard InChI is InChI=1S/C21H15ClN6O3S/c22-21-17(13-6-2-1-3-7-13)10-14(12-24-21)25-26-18-11-19(32(29,30)31)15-8-4-5-9-16(15)20(18)27-28-23/h1-12H,(H2,23,27)(H,29,30,31). The van der Waals surface area contributed by atoms with E-state index in [1.54, 1.807) is 24.3 Å². The van der Waals surface area contributed by atoms with Gasteiger partial charge in [-0.3, -0.25) is 4.55 Å². The molecule has 0 aliphatic rings. The lowest BCUT2D eigenvalue weighted by molar-refractivity contribution is 0.484. The zero-order valence-electron chi connectivity index (χ0n) is 16.3. The number of nitrogens with two attached hydrogens (primary N) is 1. The van der Waals surface area contributed by atoms with E-state index in [1.165, 1.54) is 12.3 Å². The van der Waals surface area contributed by atoms with Gasteiger partial charge < -0.3 is 5.84 Å². The molecule has 1 heterocycles. The normalized spacial score (nSPS) is 12.2. The van der Waals surface area contributed by atoms with Crippen LogP contribution in [0.25, 0.3) is 21.9 Å². The van der Waals surface area contributed by atoms with Crippen molar-refractivity contribution in [2.45, 2.75) is 4.90 Å². The van der Waals surface area contributed by atoms with E-state index in [-0.39, 0.29) is 21.7 Å². The maximum atomic E-state index is 12.0. The molecule has 0 saturated carbocycles. The molecule has 3 N–H and O–H groups in total. The zero-order valence-corrected chi connectivity index (χ0v) is 17.9. The first-order valence-corrected chi connectivity index (χ1v) is 11.0. The van der Waals surface area contributed by atoms with Gasteiger partial charge in [-0.2, -0.15) is 8.42 Å². The first-order chi connectivity index (χ1) is 15.4. The van der Waals surface area contributed by atoms with Crippen LogP contribution in [0.2, 0.25) is 5.15 Å². The molecule has 0 spiro atoms. The monoisotopic (exact) mass is 466 g/mol. The van der Waals surface area contributed by atoms with Gasteiger partial charge in [0, 0.05) is 16.3 Å². The second-order valence-corrected chi connectivity index (χ2v) is 8.32. The van der Waals surface area contributed by atoms with Gasteiger partial charge in [0.25, 0.3) is 10.1 Å². The number of pyridine rings is 1. The van der Waals surface area contributed by atoms with Crippen molar-refractivity contribution in [2.24, 2.45) is 26.4 Å². The van der Waals surface area contributed by atoms with Crippen LogP contribution in [0.3, 0.4) is 0 Å². The van der Waals surface area contributed by atoms with Crippen LogP contribution < -0.4 is 5.84 Å². The molecule has 4 aromatic rings. The third-order valence-corrected chi connectivity index (χ3v) is 5.77. The molecule has 11 heteroatoms. The zero-order chi connectivity index (χ0) is 22.7. The van der Waals surface area contributed by atoms with E-state index in [0.717, 1.165) is 11.6 Å². The largest absolute Gasteiger partial charge is 0.305 e. The highest BCUT2D eigenvalue weighted by Gasteiger charge is 2.20. The first-order valence-electron chi connectivity index (χ1n) is 9.15. The summed E-state index contributed by atoms with van der Waals surface area (Å²) in [5, 5.41) is 16.4. The number of azo groups is 1. The minimum atomic E-state index is -4.55. The van der Waals surface area contributed by atoms with Crippen molar-refractivity contribution in [3.63, 3.8) is 0 Å². The van der Waals surface area contributed by atoms with E-state index in [1.807, 2.05) is 30.3 Å². The van der Waals surface area contributed by atoms with Crippen LogP contribution in [-0.4, -0.2) is 18.0 Å². The molecule has 0 atom stereocenters. The Labute approximate surface area is 188 Å². The summed E-state index contributed by atoms with van der Waals surface area (Å²) in [5.74, 6) is 5.25. The number of rotatable bonds is 5. The molecule has 32 heavy (non-hydrogen) atoms. The Bertz CT molecular complexity index is 1470. The Morgan fingerprint density at radius 1 is 0.906 bits per heavy atom. The molecule has 0 fully saturated rings. The number of benzene rings is 3. The van der Waals surface area contributed by atoms with Gasteiger partial charge in [-0.25, -0.2) is 4.98 Å². The van der Waals surface area contributed by atoms with Crippen molar-refractivity contribution in [1.29, 1.82) is 0 Å². The van der Waals surface area contributed by atoms with Crippen molar-refractivity contribution in [2.75, 3.05) is 0 Å². The molecule has 160 valence electrons. The van der Waals surface area contributed by atoms with E-state index >= 15 is 0 Å². The van der Waals surface area contributed by atoms with E-state index in [0.29, 0.717) is 21.8 Å². The average molecular weight is 467 g/mol. The quantitative estimate of drug-likeness (QED) is 0.119. The van der Waals surface area contributed by atoms with Crippen LogP contribution in [0.15, 0.2) is 98.4 Å². The minimum Gasteiger partial charge on any atom is -0.305 e. The lowest BCUT2D eigenvalue weighted by Crippen LogP contribution is -1.99. The summed E-state index contributed by atoms with van der Waals surface area (Å²) in [4.78, 5) is 3.81. The van der Waals surface area contributed by atoms with Crippen LogP contribution in [0.4, 0.5) is 17.1 Å². The van der Waals surface area contributed by atoms with Gasteiger partial charge in [-0.1, -0.05) is 71.4 Å². The topological polar surface area (TPSA) is 143 Å². The molecule has 0 saturated heterocycles. The Morgan fingerprint density at radius 3 is 2.28 bits per heavy atom. The minimum absolute atomic E-state index is 0.0433. The maximum absolute atomic E-state index is 12.0. The number of hydrogen-bond acceptors (Lipinski definition) is 7. The molecule has 0 bridgehead atoms. The Morgan fingerprint density at radius 2 is 1.59 bits per heavy atom. The summed E-state index contributed by atoms with van der Waals surface area (Å²) >= 11 is 6.23. The number of aromatic nitrogens is 1. The van der Waals surface area contributed by atoms with Crippen LogP contribution >= 0.6 is 11.6 Å². The van der Waals surface area contributed by atoms with Gasteiger partial charge in [0.05, 0.1) is 6.20 Å². The second-order valence-electron chi connectivity index (χ2n) is 6.58. The molecule has 3 aromatic carbocycles. The lowest BCUT2D eigenvalue weighted by Gasteiger charge is -2.09. The van der Waals surface area contributed by atoms with Gasteiger partial charge in [-0.15, -0.1) is 15.3 Å². The van der Waals surface area contributed by atoms with E-state index < -0.39 is 10.1 Å². The van der Waals surface area contributed by atoms with Crippen molar-refractivity contribution in [1.82, 2.24) is 4.98 Å². The summed E-state index contributed by atoms with van der Waals surface area (Å²) in [6, 6.07) is 18.7. The highest BCUT2D eigenvalue weighted by molar-refractivity contribution is 7.86. The first kappa shape index (κ1) is 21.5. The molecular formula is C21H15ClN6O3S. The number of fused-ring (bicyclic) bond motifs is 1. The Balaban J connectivity index is 1.87. The van der Waals surface area contributed by atoms with Crippen LogP contribution in [0.5, 0.6) is 0 Å². The fourth-order valence-corrected chi connectivity index (χ4v) is 4.12. The van der Waals surface area contributed by atoms with Gasteiger partial charge in [-0.05, 0) is 17.7 Å². The van der Waals surface area contributed by atoms with E-state index in [2.05, 4.69) is 25.5 Å². The number of nitrogens with zero attached hydrogens (tertiary/aromatic N) is 5. The fourth-order valence-electron chi connectivity index (χ4n) is 3.19. The van der Waals surface area contributed by atoms with Crippen molar-refractivity contribution in [3.8, 4) is 11.1 Å². The maximum Gasteiger partial charge on any atom is 0.295 e. The second kappa shape index (κ2) is 8.79. The summed E-state index contributed by atoms with van der Waals surface area (Å²) in [6.45, 7) is 0. The van der Waals surface area contributed by atoms with Gasteiger partial charge in [0.1, 0.15) is 27.1 Å².